The SMILES string of the molecule is CC(CN1CCCCC1)NS(=O)(=O)Cc1cccc([N+](=O)[O-])c1. The van der Waals surface area contributed by atoms with Gasteiger partial charge in [0.1, 0.15) is 0 Å². The van der Waals surface area contributed by atoms with Gasteiger partial charge in [0.15, 0.2) is 0 Å². The summed E-state index contributed by atoms with van der Waals surface area (Å²) in [5, 5.41) is 10.8. The molecule has 7 nitrogen and oxygen atoms in total. The van der Waals surface area contributed by atoms with Gasteiger partial charge in [0.2, 0.25) is 10.0 Å². The Kier molecular flexibility index (Phi) is 6.09. The monoisotopic (exact) mass is 341 g/mol. The van der Waals surface area contributed by atoms with Gasteiger partial charge in [0.25, 0.3) is 5.69 Å². The first-order chi connectivity index (χ1) is 10.9. The number of hydrogen-bond donors (Lipinski definition) is 1. The summed E-state index contributed by atoms with van der Waals surface area (Å²) in [6, 6.07) is 5.55. The van der Waals surface area contributed by atoms with Crippen LogP contribution >= 0.6 is 0 Å². The van der Waals surface area contributed by atoms with Crippen molar-refractivity contribution in [1.82, 2.24) is 9.62 Å². The number of piperidine rings is 1. The van der Waals surface area contributed by atoms with E-state index in [9.17, 15) is 18.5 Å². The van der Waals surface area contributed by atoms with Crippen molar-refractivity contribution < 1.29 is 13.3 Å². The van der Waals surface area contributed by atoms with Crippen LogP contribution in [-0.2, 0) is 15.8 Å². The lowest BCUT2D eigenvalue weighted by Gasteiger charge is -2.29. The molecule has 0 bridgehead atoms. The summed E-state index contributed by atoms with van der Waals surface area (Å²) in [6.45, 7) is 4.56. The van der Waals surface area contributed by atoms with Crippen LogP contribution in [0.15, 0.2) is 24.3 Å². The van der Waals surface area contributed by atoms with Gasteiger partial charge in [-0.3, -0.25) is 10.1 Å². The Hall–Kier alpha value is -1.51. The molecule has 1 saturated heterocycles. The smallest absolute Gasteiger partial charge is 0.269 e. The number of sulfonamides is 1. The van der Waals surface area contributed by atoms with Crippen molar-refractivity contribution in [1.29, 1.82) is 0 Å². The van der Waals surface area contributed by atoms with E-state index in [1.54, 1.807) is 6.07 Å². The Labute approximate surface area is 136 Å². The molecule has 2 rings (SSSR count). The lowest BCUT2D eigenvalue weighted by Crippen LogP contribution is -2.43. The minimum absolute atomic E-state index is 0.0981. The molecule has 0 spiro atoms. The van der Waals surface area contributed by atoms with E-state index in [0.29, 0.717) is 12.1 Å². The Morgan fingerprint density at radius 3 is 2.65 bits per heavy atom. The van der Waals surface area contributed by atoms with Crippen LogP contribution in [0, 0.1) is 10.1 Å². The minimum Gasteiger partial charge on any atom is -0.302 e. The quantitative estimate of drug-likeness (QED) is 0.604. The number of nitro groups is 1. The first-order valence-electron chi connectivity index (χ1n) is 7.81. The van der Waals surface area contributed by atoms with Crippen LogP contribution in [0.5, 0.6) is 0 Å². The zero-order chi connectivity index (χ0) is 16.9. The second kappa shape index (κ2) is 7.85. The van der Waals surface area contributed by atoms with Gasteiger partial charge in [0.05, 0.1) is 10.7 Å². The second-order valence-corrected chi connectivity index (χ2v) is 7.82. The minimum atomic E-state index is -3.53. The van der Waals surface area contributed by atoms with Crippen molar-refractivity contribution in [3.05, 3.63) is 39.9 Å². The van der Waals surface area contributed by atoms with Crippen molar-refractivity contribution in [2.75, 3.05) is 19.6 Å². The first-order valence-corrected chi connectivity index (χ1v) is 9.47. The summed E-state index contributed by atoms with van der Waals surface area (Å²) in [5.74, 6) is -0.251. The maximum Gasteiger partial charge on any atom is 0.269 e. The molecular weight excluding hydrogens is 318 g/mol. The molecule has 0 aliphatic carbocycles. The molecule has 1 atom stereocenters. The maximum atomic E-state index is 12.2. The van der Waals surface area contributed by atoms with Crippen molar-refractivity contribution in [2.24, 2.45) is 0 Å². The molecule has 1 aliphatic heterocycles. The fourth-order valence-electron chi connectivity index (χ4n) is 2.89. The van der Waals surface area contributed by atoms with Crippen molar-refractivity contribution in [2.45, 2.75) is 38.0 Å². The van der Waals surface area contributed by atoms with E-state index in [0.717, 1.165) is 25.9 Å². The van der Waals surface area contributed by atoms with Gasteiger partial charge in [-0.1, -0.05) is 18.6 Å². The van der Waals surface area contributed by atoms with Gasteiger partial charge in [-0.15, -0.1) is 0 Å². The number of nitro benzene ring substituents is 1. The Balaban J connectivity index is 1.93. The standard InChI is InChI=1S/C15H23N3O4S/c1-13(11-17-8-3-2-4-9-17)16-23(21,22)12-14-6-5-7-15(10-14)18(19)20/h5-7,10,13,16H,2-4,8-9,11-12H2,1H3. The van der Waals surface area contributed by atoms with Crippen LogP contribution in [0.2, 0.25) is 0 Å². The Morgan fingerprint density at radius 1 is 1.30 bits per heavy atom. The highest BCUT2D eigenvalue weighted by Crippen LogP contribution is 2.15. The summed E-state index contributed by atoms with van der Waals surface area (Å²) in [4.78, 5) is 12.5. The third-order valence-corrected chi connectivity index (χ3v) is 5.31. The number of hydrogen-bond acceptors (Lipinski definition) is 5. The van der Waals surface area contributed by atoms with Crippen LogP contribution in [-0.4, -0.2) is 43.9 Å². The number of nitrogens with zero attached hydrogens (tertiary/aromatic N) is 2. The molecule has 1 unspecified atom stereocenters. The molecule has 1 aromatic rings. The third kappa shape index (κ3) is 5.89. The molecule has 128 valence electrons. The molecule has 1 fully saturated rings. The fourth-order valence-corrected chi connectivity index (χ4v) is 4.28. The van der Waals surface area contributed by atoms with E-state index in [2.05, 4.69) is 9.62 Å². The van der Waals surface area contributed by atoms with E-state index in [-0.39, 0.29) is 17.5 Å². The summed E-state index contributed by atoms with van der Waals surface area (Å²) in [5.41, 5.74) is 0.316. The topological polar surface area (TPSA) is 92.6 Å². The summed E-state index contributed by atoms with van der Waals surface area (Å²) < 4.78 is 27.1. The summed E-state index contributed by atoms with van der Waals surface area (Å²) in [7, 11) is -3.53. The zero-order valence-electron chi connectivity index (χ0n) is 13.3. The van der Waals surface area contributed by atoms with Gasteiger partial charge < -0.3 is 4.90 Å². The number of benzene rings is 1. The number of non-ortho nitro benzene ring substituents is 1. The number of rotatable bonds is 7. The van der Waals surface area contributed by atoms with Crippen LogP contribution in [0.3, 0.4) is 0 Å². The zero-order valence-corrected chi connectivity index (χ0v) is 14.1. The molecule has 0 saturated carbocycles. The molecule has 0 amide bonds. The van der Waals surface area contributed by atoms with Crippen LogP contribution in [0.4, 0.5) is 5.69 Å². The second-order valence-electron chi connectivity index (χ2n) is 6.07. The van der Waals surface area contributed by atoms with Gasteiger partial charge in [-0.05, 0) is 38.4 Å². The van der Waals surface area contributed by atoms with Gasteiger partial charge in [-0.2, -0.15) is 0 Å². The van der Waals surface area contributed by atoms with Crippen LogP contribution in [0.25, 0.3) is 0 Å². The average molecular weight is 341 g/mol. The van der Waals surface area contributed by atoms with E-state index in [1.807, 2.05) is 6.92 Å². The molecule has 23 heavy (non-hydrogen) atoms. The van der Waals surface area contributed by atoms with Crippen LogP contribution < -0.4 is 4.72 Å². The van der Waals surface area contributed by atoms with Crippen molar-refractivity contribution in [3.63, 3.8) is 0 Å². The highest BCUT2D eigenvalue weighted by Gasteiger charge is 2.19. The maximum absolute atomic E-state index is 12.2. The molecule has 0 aromatic heterocycles. The number of nitrogens with one attached hydrogen (secondary N) is 1. The Bertz CT molecular complexity index is 642. The van der Waals surface area contributed by atoms with Crippen LogP contribution in [0.1, 0.15) is 31.7 Å². The average Bonchev–Trinajstić information content (AvgIpc) is 2.47. The predicted octanol–water partition coefficient (Wildman–Crippen LogP) is 1.89. The summed E-state index contributed by atoms with van der Waals surface area (Å²) in [6.07, 6.45) is 3.56. The normalized spacial score (nSPS) is 17.8. The largest absolute Gasteiger partial charge is 0.302 e. The van der Waals surface area contributed by atoms with Gasteiger partial charge in [0, 0.05) is 24.7 Å². The van der Waals surface area contributed by atoms with E-state index in [4.69, 9.17) is 0 Å². The van der Waals surface area contributed by atoms with E-state index < -0.39 is 14.9 Å². The Morgan fingerprint density at radius 2 is 2.00 bits per heavy atom. The number of likely N-dealkylation sites (tertiary alicyclic amines) is 1. The molecule has 1 heterocycles. The van der Waals surface area contributed by atoms with Crippen molar-refractivity contribution >= 4 is 15.7 Å². The molecule has 1 N–H and O–H groups in total. The highest BCUT2D eigenvalue weighted by molar-refractivity contribution is 7.88. The molecule has 8 heteroatoms. The highest BCUT2D eigenvalue weighted by atomic mass is 32.2. The summed E-state index contributed by atoms with van der Waals surface area (Å²) >= 11 is 0. The first kappa shape index (κ1) is 17.8. The lowest BCUT2D eigenvalue weighted by atomic mass is 10.1. The molecule has 0 radical (unpaired) electrons. The molecule has 1 aliphatic rings. The van der Waals surface area contributed by atoms with Gasteiger partial charge in [-0.25, -0.2) is 13.1 Å². The third-order valence-electron chi connectivity index (χ3n) is 3.84. The predicted molar refractivity (Wildman–Crippen MR) is 88.6 cm³/mol. The molecule has 1 aromatic carbocycles. The van der Waals surface area contributed by atoms with Gasteiger partial charge >= 0.3 is 0 Å². The lowest BCUT2D eigenvalue weighted by molar-refractivity contribution is -0.384. The molecular formula is C15H23N3O4S. The van der Waals surface area contributed by atoms with E-state index in [1.165, 1.54) is 24.6 Å². The van der Waals surface area contributed by atoms with E-state index >= 15 is 0 Å². The van der Waals surface area contributed by atoms with Crippen molar-refractivity contribution in [3.8, 4) is 0 Å². The fraction of sp³-hybridized carbons (Fsp3) is 0.600.